The number of aromatic nitrogens is 1. The van der Waals surface area contributed by atoms with Gasteiger partial charge >= 0.3 is 0 Å². The highest BCUT2D eigenvalue weighted by atomic mass is 19.2. The third-order valence-electron chi connectivity index (χ3n) is 6.77. The molecule has 3 heterocycles. The average Bonchev–Trinajstić information content (AvgIpc) is 2.76. The molecule has 0 aliphatic carbocycles. The Hall–Kier alpha value is -2.84. The maximum Gasteiger partial charge on any atom is 0.299 e. The highest BCUT2D eigenvalue weighted by molar-refractivity contribution is 6.07. The van der Waals surface area contributed by atoms with Gasteiger partial charge in [0.2, 0.25) is 5.96 Å². The molecule has 0 saturated carbocycles. The maximum absolute atomic E-state index is 16.9. The van der Waals surface area contributed by atoms with E-state index in [0.29, 0.717) is 24.2 Å². The van der Waals surface area contributed by atoms with E-state index in [2.05, 4.69) is 60.3 Å². The number of guanidine groups is 1. The molecule has 0 spiro atoms. The number of pyridine rings is 1. The molecule has 1 atom stereocenters. The van der Waals surface area contributed by atoms with Gasteiger partial charge in [-0.05, 0) is 71.8 Å². The lowest BCUT2D eigenvalue weighted by molar-refractivity contribution is -0.0322. The van der Waals surface area contributed by atoms with Crippen molar-refractivity contribution in [3.05, 3.63) is 66.9 Å². The number of benzene rings is 1. The van der Waals surface area contributed by atoms with Gasteiger partial charge < -0.3 is 5.32 Å². The largest absolute Gasteiger partial charge is 0.325 e. The predicted octanol–water partition coefficient (Wildman–Crippen LogP) is 5.04. The molecule has 2 N–H and O–H groups in total. The summed E-state index contributed by atoms with van der Waals surface area (Å²) in [5, 5.41) is 6.15. The quantitative estimate of drug-likeness (QED) is 0.634. The van der Waals surface area contributed by atoms with Crippen LogP contribution in [0.15, 0.2) is 71.9 Å². The summed E-state index contributed by atoms with van der Waals surface area (Å²) >= 11 is 0. The maximum atomic E-state index is 16.9. The lowest BCUT2D eigenvalue weighted by Crippen LogP contribution is -2.68. The number of anilines is 2. The van der Waals surface area contributed by atoms with Crippen molar-refractivity contribution in [2.75, 3.05) is 17.3 Å². The van der Waals surface area contributed by atoms with E-state index in [-0.39, 0.29) is 23.1 Å². The summed E-state index contributed by atoms with van der Waals surface area (Å²) in [5.74, 6) is -3.47. The minimum absolute atomic E-state index is 0.164. The van der Waals surface area contributed by atoms with Gasteiger partial charge in [-0.15, -0.1) is 0 Å². The Balaban J connectivity index is 1.72. The molecule has 4 rings (SSSR count). The number of para-hydroxylation sites is 1. The smallest absolute Gasteiger partial charge is 0.299 e. The normalized spacial score (nSPS) is 25.4. The van der Waals surface area contributed by atoms with Crippen LogP contribution < -0.4 is 15.5 Å². The minimum Gasteiger partial charge on any atom is -0.325 e. The summed E-state index contributed by atoms with van der Waals surface area (Å²) in [6.45, 7) is 8.51. The van der Waals surface area contributed by atoms with Crippen LogP contribution in [0.1, 0.15) is 40.5 Å². The van der Waals surface area contributed by atoms with Crippen molar-refractivity contribution < 1.29 is 8.78 Å². The van der Waals surface area contributed by atoms with E-state index < -0.39 is 11.7 Å². The second-order valence-electron chi connectivity index (χ2n) is 10.0. The predicted molar refractivity (Wildman–Crippen MR) is 129 cm³/mol. The average molecular weight is 455 g/mol. The number of piperidine rings is 1. The first kappa shape index (κ1) is 23.3. The fraction of sp³-hybridized carbons (Fsp3) is 0.440. The SMILES string of the molecule is CN1C(C)(C)CC(NC2(F)C(F)=CN=C(Nc3ccccc3)N2c2cccnc2)CC1(C)C. The van der Waals surface area contributed by atoms with Gasteiger partial charge in [-0.1, -0.05) is 18.2 Å². The second kappa shape index (κ2) is 8.50. The molecule has 1 unspecified atom stereocenters. The number of nitrogens with zero attached hydrogens (tertiary/aromatic N) is 4. The van der Waals surface area contributed by atoms with Crippen LogP contribution >= 0.6 is 0 Å². The van der Waals surface area contributed by atoms with E-state index in [1.807, 2.05) is 30.3 Å². The Bertz CT molecular complexity index is 1020. The van der Waals surface area contributed by atoms with Crippen LogP contribution in [-0.4, -0.2) is 45.9 Å². The summed E-state index contributed by atoms with van der Waals surface area (Å²) in [6, 6.07) is 12.4. The van der Waals surface area contributed by atoms with Crippen LogP contribution in [0, 0.1) is 0 Å². The van der Waals surface area contributed by atoms with Gasteiger partial charge in [-0.3, -0.25) is 20.1 Å². The molecule has 6 nitrogen and oxygen atoms in total. The molecular weight excluding hydrogens is 422 g/mol. The second-order valence-corrected chi connectivity index (χ2v) is 10.0. The highest BCUT2D eigenvalue weighted by Gasteiger charge is 2.51. The number of alkyl halides is 1. The fourth-order valence-electron chi connectivity index (χ4n) is 4.92. The van der Waals surface area contributed by atoms with Crippen LogP contribution in [0.4, 0.5) is 20.2 Å². The first-order valence-electron chi connectivity index (χ1n) is 11.2. The van der Waals surface area contributed by atoms with Crippen molar-refractivity contribution in [3.8, 4) is 0 Å². The molecule has 0 bridgehead atoms. The Labute approximate surface area is 194 Å². The summed E-state index contributed by atoms with van der Waals surface area (Å²) in [7, 11) is 2.08. The molecule has 1 saturated heterocycles. The van der Waals surface area contributed by atoms with Crippen molar-refractivity contribution in [1.29, 1.82) is 0 Å². The van der Waals surface area contributed by atoms with Gasteiger partial charge in [0.05, 0.1) is 18.1 Å². The number of halogens is 2. The Morgan fingerprint density at radius 1 is 1.00 bits per heavy atom. The van der Waals surface area contributed by atoms with Gasteiger partial charge in [0.15, 0.2) is 5.83 Å². The molecule has 33 heavy (non-hydrogen) atoms. The van der Waals surface area contributed by atoms with Crippen LogP contribution in [0.2, 0.25) is 0 Å². The third kappa shape index (κ3) is 4.50. The van der Waals surface area contributed by atoms with Gasteiger partial charge in [0.1, 0.15) is 0 Å². The van der Waals surface area contributed by atoms with Gasteiger partial charge in [-0.25, -0.2) is 9.38 Å². The Morgan fingerprint density at radius 2 is 1.67 bits per heavy atom. The number of hydrogen-bond acceptors (Lipinski definition) is 6. The molecule has 2 aliphatic rings. The number of hydrogen-bond donors (Lipinski definition) is 2. The molecule has 2 aliphatic heterocycles. The van der Waals surface area contributed by atoms with E-state index in [0.717, 1.165) is 6.20 Å². The number of likely N-dealkylation sites (tertiary alicyclic amines) is 1. The lowest BCUT2D eigenvalue weighted by Gasteiger charge is -2.55. The van der Waals surface area contributed by atoms with Crippen molar-refractivity contribution in [1.82, 2.24) is 15.2 Å². The molecule has 8 heteroatoms. The molecule has 1 aromatic heterocycles. The first-order valence-corrected chi connectivity index (χ1v) is 11.2. The number of nitrogens with one attached hydrogen (secondary N) is 2. The van der Waals surface area contributed by atoms with Crippen molar-refractivity contribution >= 4 is 17.3 Å². The van der Waals surface area contributed by atoms with Gasteiger partial charge in [-0.2, -0.15) is 4.39 Å². The summed E-state index contributed by atoms with van der Waals surface area (Å²) in [4.78, 5) is 11.8. The van der Waals surface area contributed by atoms with Crippen LogP contribution in [0.3, 0.4) is 0 Å². The van der Waals surface area contributed by atoms with Crippen molar-refractivity contribution in [3.63, 3.8) is 0 Å². The minimum atomic E-state index is -2.63. The zero-order chi connectivity index (χ0) is 23.9. The van der Waals surface area contributed by atoms with E-state index in [1.54, 1.807) is 18.3 Å². The zero-order valence-electron chi connectivity index (χ0n) is 19.8. The van der Waals surface area contributed by atoms with Crippen LogP contribution in [0.5, 0.6) is 0 Å². The number of rotatable bonds is 4. The van der Waals surface area contributed by atoms with Crippen molar-refractivity contribution in [2.24, 2.45) is 4.99 Å². The molecular formula is C25H32F2N6. The topological polar surface area (TPSA) is 55.8 Å². The monoisotopic (exact) mass is 454 g/mol. The van der Waals surface area contributed by atoms with Crippen molar-refractivity contribution in [2.45, 2.75) is 63.6 Å². The lowest BCUT2D eigenvalue weighted by atomic mass is 9.77. The first-order chi connectivity index (χ1) is 15.5. The zero-order valence-corrected chi connectivity index (χ0v) is 19.8. The Morgan fingerprint density at radius 3 is 2.27 bits per heavy atom. The molecule has 176 valence electrons. The third-order valence-corrected chi connectivity index (χ3v) is 6.77. The standard InChI is InChI=1S/C25H32F2N6/c1-23(2)14-19(15-24(3,4)32(23)5)31-25(27)21(26)17-29-22(30-18-10-7-6-8-11-18)33(25)20-12-9-13-28-16-20/h6-13,16-17,19,31H,14-15H2,1-5H3,(H,29,30). The molecule has 0 radical (unpaired) electrons. The van der Waals surface area contributed by atoms with E-state index in [9.17, 15) is 0 Å². The summed E-state index contributed by atoms with van der Waals surface area (Å²) in [6.07, 6.45) is 5.35. The molecule has 0 amide bonds. The van der Waals surface area contributed by atoms with Crippen LogP contribution in [0.25, 0.3) is 0 Å². The highest BCUT2D eigenvalue weighted by Crippen LogP contribution is 2.40. The molecule has 1 aromatic carbocycles. The van der Waals surface area contributed by atoms with Crippen LogP contribution in [-0.2, 0) is 0 Å². The molecule has 2 aromatic rings. The Kier molecular flexibility index (Phi) is 6.01. The fourth-order valence-corrected chi connectivity index (χ4v) is 4.92. The van der Waals surface area contributed by atoms with E-state index in [1.165, 1.54) is 11.1 Å². The summed E-state index contributed by atoms with van der Waals surface area (Å²) < 4.78 is 32.2. The van der Waals surface area contributed by atoms with Gasteiger partial charge in [0, 0.05) is 29.0 Å². The van der Waals surface area contributed by atoms with E-state index in [4.69, 9.17) is 0 Å². The van der Waals surface area contributed by atoms with E-state index >= 15 is 8.78 Å². The number of aliphatic imine (C=N–C) groups is 1. The molecule has 1 fully saturated rings. The summed E-state index contributed by atoms with van der Waals surface area (Å²) in [5.41, 5.74) is 0.709. The van der Waals surface area contributed by atoms with Gasteiger partial charge in [0.25, 0.3) is 5.92 Å².